The van der Waals surface area contributed by atoms with Crippen LogP contribution in [0.4, 0.5) is 5.69 Å². The van der Waals surface area contributed by atoms with Gasteiger partial charge in [-0.1, -0.05) is 23.7 Å². The van der Waals surface area contributed by atoms with Gasteiger partial charge in [-0.15, -0.1) is 0 Å². The van der Waals surface area contributed by atoms with Gasteiger partial charge in [-0.3, -0.25) is 9.59 Å². The molecule has 0 bridgehead atoms. The maximum absolute atomic E-state index is 13.1. The number of benzene rings is 3. The van der Waals surface area contributed by atoms with Gasteiger partial charge < -0.3 is 24.4 Å². The van der Waals surface area contributed by atoms with Crippen molar-refractivity contribution in [3.05, 3.63) is 82.4 Å². The van der Waals surface area contributed by atoms with E-state index in [-0.39, 0.29) is 11.8 Å². The molecule has 0 unspecified atom stereocenters. The standard InChI is InChI=1S/C26H25ClN2O5/c1-16-26(31)29(14-18-5-4-6-23(32-2)24(18)33-3)15-19-13-21(11-12-22(19)34-16)28-25(30)17-7-9-20(27)10-8-17/h4-13,16H,14-15H2,1-3H3,(H,28,30)/t16-/m0/s1. The second kappa shape index (κ2) is 10.1. The molecule has 4 rings (SSSR count). The Labute approximate surface area is 203 Å². The summed E-state index contributed by atoms with van der Waals surface area (Å²) in [5.41, 5.74) is 2.70. The molecule has 1 atom stereocenters. The van der Waals surface area contributed by atoms with Crippen LogP contribution in [-0.4, -0.2) is 37.0 Å². The third kappa shape index (κ3) is 4.94. The van der Waals surface area contributed by atoms with Crippen LogP contribution in [0.3, 0.4) is 0 Å². The molecular formula is C26H25ClN2O5. The van der Waals surface area contributed by atoms with Crippen LogP contribution in [0.1, 0.15) is 28.4 Å². The number of para-hydroxylation sites is 1. The van der Waals surface area contributed by atoms with Gasteiger partial charge in [-0.25, -0.2) is 0 Å². The molecule has 7 nitrogen and oxygen atoms in total. The average molecular weight is 481 g/mol. The summed E-state index contributed by atoms with van der Waals surface area (Å²) < 4.78 is 16.8. The summed E-state index contributed by atoms with van der Waals surface area (Å²) in [5.74, 6) is 1.38. The molecule has 8 heteroatoms. The Bertz CT molecular complexity index is 1210. The quantitative estimate of drug-likeness (QED) is 0.542. The Kier molecular flexibility index (Phi) is 6.93. The van der Waals surface area contributed by atoms with Crippen LogP contribution in [0, 0.1) is 0 Å². The molecular weight excluding hydrogens is 456 g/mol. The number of nitrogens with zero attached hydrogens (tertiary/aromatic N) is 1. The first kappa shape index (κ1) is 23.4. The number of nitrogens with one attached hydrogen (secondary N) is 1. The molecule has 34 heavy (non-hydrogen) atoms. The van der Waals surface area contributed by atoms with Crippen molar-refractivity contribution >= 4 is 29.1 Å². The minimum atomic E-state index is -0.660. The zero-order chi connectivity index (χ0) is 24.2. The van der Waals surface area contributed by atoms with E-state index in [4.69, 9.17) is 25.8 Å². The Morgan fingerprint density at radius 3 is 2.59 bits per heavy atom. The zero-order valence-electron chi connectivity index (χ0n) is 19.1. The summed E-state index contributed by atoms with van der Waals surface area (Å²) in [6, 6.07) is 17.6. The van der Waals surface area contributed by atoms with Gasteiger partial charge in [0.2, 0.25) is 0 Å². The molecule has 0 saturated carbocycles. The zero-order valence-corrected chi connectivity index (χ0v) is 19.9. The normalized spacial score (nSPS) is 15.1. The number of halogens is 1. The number of methoxy groups -OCH3 is 2. The lowest BCUT2D eigenvalue weighted by Crippen LogP contribution is -2.37. The first-order valence-electron chi connectivity index (χ1n) is 10.7. The van der Waals surface area contributed by atoms with E-state index in [1.807, 2.05) is 24.3 Å². The van der Waals surface area contributed by atoms with Crippen molar-refractivity contribution in [2.24, 2.45) is 0 Å². The Balaban J connectivity index is 1.59. The van der Waals surface area contributed by atoms with Crippen molar-refractivity contribution in [1.82, 2.24) is 4.90 Å². The summed E-state index contributed by atoms with van der Waals surface area (Å²) in [6.45, 7) is 2.35. The van der Waals surface area contributed by atoms with E-state index in [0.717, 1.165) is 11.1 Å². The number of ether oxygens (including phenoxy) is 3. The molecule has 3 aromatic carbocycles. The van der Waals surface area contributed by atoms with Crippen molar-refractivity contribution in [2.75, 3.05) is 19.5 Å². The highest BCUT2D eigenvalue weighted by Gasteiger charge is 2.29. The van der Waals surface area contributed by atoms with Crippen molar-refractivity contribution in [3.8, 4) is 17.2 Å². The predicted molar refractivity (Wildman–Crippen MR) is 130 cm³/mol. The fourth-order valence-electron chi connectivity index (χ4n) is 3.90. The first-order valence-corrected chi connectivity index (χ1v) is 11.1. The molecule has 0 aromatic heterocycles. The van der Waals surface area contributed by atoms with Crippen LogP contribution in [0.15, 0.2) is 60.7 Å². The molecule has 1 aliphatic heterocycles. The lowest BCUT2D eigenvalue weighted by atomic mass is 10.1. The minimum absolute atomic E-state index is 0.146. The lowest BCUT2D eigenvalue weighted by Gasteiger charge is -2.24. The lowest BCUT2D eigenvalue weighted by molar-refractivity contribution is -0.138. The van der Waals surface area contributed by atoms with E-state index in [1.165, 1.54) is 0 Å². The van der Waals surface area contributed by atoms with Gasteiger partial charge in [0, 0.05) is 40.5 Å². The Hall–Kier alpha value is -3.71. The Morgan fingerprint density at radius 1 is 1.12 bits per heavy atom. The molecule has 0 saturated heterocycles. The van der Waals surface area contributed by atoms with Gasteiger partial charge in [-0.2, -0.15) is 0 Å². The van der Waals surface area contributed by atoms with Crippen LogP contribution >= 0.6 is 11.6 Å². The van der Waals surface area contributed by atoms with E-state index in [0.29, 0.717) is 46.6 Å². The number of hydrogen-bond acceptors (Lipinski definition) is 5. The first-order chi connectivity index (χ1) is 16.4. The van der Waals surface area contributed by atoms with Crippen LogP contribution < -0.4 is 19.5 Å². The van der Waals surface area contributed by atoms with E-state index in [2.05, 4.69) is 5.32 Å². The molecule has 1 N–H and O–H groups in total. The summed E-state index contributed by atoms with van der Waals surface area (Å²) in [7, 11) is 3.15. The number of hydrogen-bond donors (Lipinski definition) is 1. The molecule has 1 aliphatic rings. The second-order valence-corrected chi connectivity index (χ2v) is 8.33. The molecule has 2 amide bonds. The number of anilines is 1. The molecule has 0 aliphatic carbocycles. The van der Waals surface area contributed by atoms with Crippen LogP contribution in [0.25, 0.3) is 0 Å². The van der Waals surface area contributed by atoms with Gasteiger partial charge in [0.1, 0.15) is 5.75 Å². The van der Waals surface area contributed by atoms with Crippen LogP contribution in [0.2, 0.25) is 5.02 Å². The van der Waals surface area contributed by atoms with Gasteiger partial charge in [-0.05, 0) is 55.5 Å². The maximum Gasteiger partial charge on any atom is 0.263 e. The SMILES string of the molecule is COc1cccc(CN2Cc3cc(NC(=O)c4ccc(Cl)cc4)ccc3O[C@@H](C)C2=O)c1OC. The highest BCUT2D eigenvalue weighted by Crippen LogP contribution is 2.34. The van der Waals surface area contributed by atoms with E-state index in [9.17, 15) is 9.59 Å². The topological polar surface area (TPSA) is 77.1 Å². The van der Waals surface area contributed by atoms with Crippen molar-refractivity contribution in [1.29, 1.82) is 0 Å². The fraction of sp³-hybridized carbons (Fsp3) is 0.231. The maximum atomic E-state index is 13.1. The summed E-state index contributed by atoms with van der Waals surface area (Å²) >= 11 is 5.91. The smallest absolute Gasteiger partial charge is 0.263 e. The molecule has 3 aromatic rings. The van der Waals surface area contributed by atoms with Gasteiger partial charge in [0.05, 0.1) is 14.2 Å². The van der Waals surface area contributed by atoms with Gasteiger partial charge >= 0.3 is 0 Å². The fourth-order valence-corrected chi connectivity index (χ4v) is 4.03. The molecule has 0 fully saturated rings. The average Bonchev–Trinajstić information content (AvgIpc) is 2.95. The monoisotopic (exact) mass is 480 g/mol. The number of carbonyl (C=O) groups excluding carboxylic acids is 2. The highest BCUT2D eigenvalue weighted by molar-refractivity contribution is 6.30. The molecule has 176 valence electrons. The minimum Gasteiger partial charge on any atom is -0.493 e. The number of amides is 2. The van der Waals surface area contributed by atoms with E-state index >= 15 is 0 Å². The third-order valence-electron chi connectivity index (χ3n) is 5.59. The van der Waals surface area contributed by atoms with Crippen molar-refractivity contribution in [2.45, 2.75) is 26.1 Å². The number of fused-ring (bicyclic) bond motifs is 1. The number of carbonyl (C=O) groups is 2. The molecule has 0 radical (unpaired) electrons. The van der Waals surface area contributed by atoms with Crippen LogP contribution in [-0.2, 0) is 17.9 Å². The second-order valence-electron chi connectivity index (χ2n) is 7.89. The highest BCUT2D eigenvalue weighted by atomic mass is 35.5. The third-order valence-corrected chi connectivity index (χ3v) is 5.85. The van der Waals surface area contributed by atoms with Gasteiger partial charge in [0.15, 0.2) is 17.6 Å². The van der Waals surface area contributed by atoms with E-state index < -0.39 is 6.10 Å². The molecule has 1 heterocycles. The summed E-state index contributed by atoms with van der Waals surface area (Å²) in [5, 5.41) is 3.45. The van der Waals surface area contributed by atoms with Gasteiger partial charge in [0.25, 0.3) is 11.8 Å². The van der Waals surface area contributed by atoms with Crippen molar-refractivity contribution in [3.63, 3.8) is 0 Å². The molecule has 0 spiro atoms. The van der Waals surface area contributed by atoms with Crippen LogP contribution in [0.5, 0.6) is 17.2 Å². The largest absolute Gasteiger partial charge is 0.493 e. The Morgan fingerprint density at radius 2 is 1.88 bits per heavy atom. The predicted octanol–water partition coefficient (Wildman–Crippen LogP) is 4.92. The van der Waals surface area contributed by atoms with E-state index in [1.54, 1.807) is 62.4 Å². The van der Waals surface area contributed by atoms with Crippen molar-refractivity contribution < 1.29 is 23.8 Å². The number of rotatable bonds is 6. The summed E-state index contributed by atoms with van der Waals surface area (Å²) in [4.78, 5) is 27.4. The summed E-state index contributed by atoms with van der Waals surface area (Å²) in [6.07, 6.45) is -0.660.